The predicted molar refractivity (Wildman–Crippen MR) is 108 cm³/mol. The van der Waals surface area contributed by atoms with Crippen LogP contribution in [0.15, 0.2) is 103 Å². The number of anilines is 1. The van der Waals surface area contributed by atoms with Crippen LogP contribution in [-0.4, -0.2) is 15.7 Å². The monoisotopic (exact) mass is 369 g/mol. The summed E-state index contributed by atoms with van der Waals surface area (Å²) in [6.45, 7) is 0. The van der Waals surface area contributed by atoms with Crippen molar-refractivity contribution >= 4 is 11.6 Å². The average molecular weight is 369 g/mol. The number of hydrogen-bond acceptors (Lipinski definition) is 3. The minimum Gasteiger partial charge on any atom is -0.457 e. The summed E-state index contributed by atoms with van der Waals surface area (Å²) in [5.41, 5.74) is 1.52. The van der Waals surface area contributed by atoms with E-state index in [2.05, 4.69) is 10.4 Å². The first kappa shape index (κ1) is 17.5. The SMILES string of the molecule is O=C(Nc1cccc(Oc2ccccc2)c1)C(c1ccccc1)n1cccn1. The second-order valence-corrected chi connectivity index (χ2v) is 6.23. The number of amides is 1. The summed E-state index contributed by atoms with van der Waals surface area (Å²) in [6, 6.07) is 27.7. The Bertz CT molecular complexity index is 1030. The Morgan fingerprint density at radius 3 is 2.29 bits per heavy atom. The Hall–Kier alpha value is -3.86. The van der Waals surface area contributed by atoms with Crippen LogP contribution in [-0.2, 0) is 4.79 Å². The fourth-order valence-corrected chi connectivity index (χ4v) is 2.97. The van der Waals surface area contributed by atoms with Gasteiger partial charge in [0.05, 0.1) is 0 Å². The van der Waals surface area contributed by atoms with Gasteiger partial charge in [-0.15, -0.1) is 0 Å². The average Bonchev–Trinajstić information content (AvgIpc) is 3.24. The van der Waals surface area contributed by atoms with Crippen LogP contribution in [0.4, 0.5) is 5.69 Å². The molecule has 0 saturated carbocycles. The Balaban J connectivity index is 1.55. The van der Waals surface area contributed by atoms with Crippen LogP contribution in [0.25, 0.3) is 0 Å². The van der Waals surface area contributed by atoms with Crippen molar-refractivity contribution in [2.75, 3.05) is 5.32 Å². The van der Waals surface area contributed by atoms with Gasteiger partial charge in [0.15, 0.2) is 6.04 Å². The minimum absolute atomic E-state index is 0.174. The van der Waals surface area contributed by atoms with Gasteiger partial charge < -0.3 is 10.1 Å². The molecular weight excluding hydrogens is 350 g/mol. The summed E-state index contributed by atoms with van der Waals surface area (Å²) < 4.78 is 7.50. The van der Waals surface area contributed by atoms with Gasteiger partial charge in [-0.1, -0.05) is 54.6 Å². The molecule has 4 aromatic rings. The van der Waals surface area contributed by atoms with Crippen molar-refractivity contribution in [3.63, 3.8) is 0 Å². The van der Waals surface area contributed by atoms with Crippen molar-refractivity contribution in [3.8, 4) is 11.5 Å². The number of aromatic nitrogens is 2. The summed E-state index contributed by atoms with van der Waals surface area (Å²) in [6.07, 6.45) is 3.45. The molecule has 0 aliphatic heterocycles. The van der Waals surface area contributed by atoms with Crippen molar-refractivity contribution in [3.05, 3.63) is 109 Å². The van der Waals surface area contributed by atoms with E-state index >= 15 is 0 Å². The molecule has 0 saturated heterocycles. The van der Waals surface area contributed by atoms with Crippen molar-refractivity contribution in [2.45, 2.75) is 6.04 Å². The van der Waals surface area contributed by atoms with Crippen molar-refractivity contribution in [2.24, 2.45) is 0 Å². The molecule has 138 valence electrons. The Morgan fingerprint density at radius 2 is 1.57 bits per heavy atom. The molecule has 4 rings (SSSR count). The molecule has 1 aromatic heterocycles. The van der Waals surface area contributed by atoms with Gasteiger partial charge in [0, 0.05) is 24.1 Å². The van der Waals surface area contributed by atoms with E-state index in [1.165, 1.54) is 0 Å². The van der Waals surface area contributed by atoms with Crippen LogP contribution < -0.4 is 10.1 Å². The molecule has 1 heterocycles. The molecule has 0 aliphatic rings. The van der Waals surface area contributed by atoms with Gasteiger partial charge in [-0.05, 0) is 35.9 Å². The zero-order chi connectivity index (χ0) is 19.2. The van der Waals surface area contributed by atoms with Gasteiger partial charge >= 0.3 is 0 Å². The van der Waals surface area contributed by atoms with Crippen LogP contribution in [0.5, 0.6) is 11.5 Å². The zero-order valence-electron chi connectivity index (χ0n) is 15.1. The van der Waals surface area contributed by atoms with E-state index in [1.54, 1.807) is 29.2 Å². The minimum atomic E-state index is -0.560. The summed E-state index contributed by atoms with van der Waals surface area (Å²) in [4.78, 5) is 13.1. The molecule has 0 radical (unpaired) electrons. The number of carbonyl (C=O) groups is 1. The quantitative estimate of drug-likeness (QED) is 0.526. The van der Waals surface area contributed by atoms with E-state index < -0.39 is 6.04 Å². The topological polar surface area (TPSA) is 56.1 Å². The molecule has 1 atom stereocenters. The normalized spacial score (nSPS) is 11.6. The molecule has 1 N–H and O–H groups in total. The number of para-hydroxylation sites is 1. The number of nitrogens with zero attached hydrogens (tertiary/aromatic N) is 2. The standard InChI is InChI=1S/C23H19N3O2/c27-23(22(26-16-8-15-24-26)18-9-3-1-4-10-18)25-19-11-7-14-21(17-19)28-20-12-5-2-6-13-20/h1-17,22H,(H,25,27). The highest BCUT2D eigenvalue weighted by atomic mass is 16.5. The van der Waals surface area contributed by atoms with E-state index in [0.717, 1.165) is 11.3 Å². The van der Waals surface area contributed by atoms with Crippen molar-refractivity contribution in [1.82, 2.24) is 9.78 Å². The number of rotatable bonds is 6. The van der Waals surface area contributed by atoms with Crippen LogP contribution >= 0.6 is 0 Å². The second kappa shape index (κ2) is 8.22. The Morgan fingerprint density at radius 1 is 0.857 bits per heavy atom. The number of ether oxygens (including phenoxy) is 1. The van der Waals surface area contributed by atoms with E-state index in [4.69, 9.17) is 4.74 Å². The first-order chi connectivity index (χ1) is 13.8. The first-order valence-electron chi connectivity index (χ1n) is 8.97. The van der Waals surface area contributed by atoms with Gasteiger partial charge in [0.25, 0.3) is 5.91 Å². The maximum atomic E-state index is 13.1. The lowest BCUT2D eigenvalue weighted by molar-refractivity contribution is -0.118. The number of hydrogen-bond donors (Lipinski definition) is 1. The summed E-state index contributed by atoms with van der Waals surface area (Å²) in [5, 5.41) is 7.24. The molecule has 0 spiro atoms. The van der Waals surface area contributed by atoms with Crippen LogP contribution in [0.1, 0.15) is 11.6 Å². The maximum absolute atomic E-state index is 13.1. The van der Waals surface area contributed by atoms with Gasteiger partial charge in [-0.3, -0.25) is 9.48 Å². The highest BCUT2D eigenvalue weighted by Crippen LogP contribution is 2.25. The maximum Gasteiger partial charge on any atom is 0.253 e. The van der Waals surface area contributed by atoms with E-state index in [1.807, 2.05) is 78.9 Å². The van der Waals surface area contributed by atoms with Crippen molar-refractivity contribution in [1.29, 1.82) is 0 Å². The molecule has 0 bridgehead atoms. The number of benzene rings is 3. The third kappa shape index (κ3) is 4.10. The summed E-state index contributed by atoms with van der Waals surface area (Å²) >= 11 is 0. The number of nitrogens with one attached hydrogen (secondary N) is 1. The molecule has 5 nitrogen and oxygen atoms in total. The highest BCUT2D eigenvalue weighted by molar-refractivity contribution is 5.95. The lowest BCUT2D eigenvalue weighted by atomic mass is 10.1. The van der Waals surface area contributed by atoms with Crippen LogP contribution in [0.3, 0.4) is 0 Å². The second-order valence-electron chi connectivity index (χ2n) is 6.23. The third-order valence-corrected chi connectivity index (χ3v) is 4.23. The smallest absolute Gasteiger partial charge is 0.253 e. The highest BCUT2D eigenvalue weighted by Gasteiger charge is 2.23. The number of carbonyl (C=O) groups excluding carboxylic acids is 1. The van der Waals surface area contributed by atoms with E-state index in [0.29, 0.717) is 11.4 Å². The van der Waals surface area contributed by atoms with Crippen LogP contribution in [0.2, 0.25) is 0 Å². The molecule has 3 aromatic carbocycles. The third-order valence-electron chi connectivity index (χ3n) is 4.23. The van der Waals surface area contributed by atoms with Crippen LogP contribution in [0, 0.1) is 0 Å². The molecule has 5 heteroatoms. The Kier molecular flexibility index (Phi) is 5.15. The van der Waals surface area contributed by atoms with Gasteiger partial charge in [-0.2, -0.15) is 5.10 Å². The molecule has 0 aliphatic carbocycles. The molecule has 0 fully saturated rings. The molecule has 1 amide bonds. The first-order valence-corrected chi connectivity index (χ1v) is 8.97. The fraction of sp³-hybridized carbons (Fsp3) is 0.0435. The van der Waals surface area contributed by atoms with Gasteiger partial charge in [-0.25, -0.2) is 0 Å². The predicted octanol–water partition coefficient (Wildman–Crippen LogP) is 4.90. The lowest BCUT2D eigenvalue weighted by Gasteiger charge is -2.18. The zero-order valence-corrected chi connectivity index (χ0v) is 15.1. The van der Waals surface area contributed by atoms with Gasteiger partial charge in [0.2, 0.25) is 0 Å². The molecule has 1 unspecified atom stereocenters. The fourth-order valence-electron chi connectivity index (χ4n) is 2.97. The van der Waals surface area contributed by atoms with Gasteiger partial charge in [0.1, 0.15) is 11.5 Å². The van der Waals surface area contributed by atoms with Crippen molar-refractivity contribution < 1.29 is 9.53 Å². The molecular formula is C23H19N3O2. The van der Waals surface area contributed by atoms with E-state index in [9.17, 15) is 4.79 Å². The summed E-state index contributed by atoms with van der Waals surface area (Å²) in [7, 11) is 0. The van der Waals surface area contributed by atoms with E-state index in [-0.39, 0.29) is 5.91 Å². The Labute approximate surface area is 163 Å². The largest absolute Gasteiger partial charge is 0.457 e. The molecule has 28 heavy (non-hydrogen) atoms. The lowest BCUT2D eigenvalue weighted by Crippen LogP contribution is -2.27. The summed E-state index contributed by atoms with van der Waals surface area (Å²) in [5.74, 6) is 1.22.